The SMILES string of the molecule is C=CC[C@H](c1cc(Cl)cc(C)c1O)N1CCNCC1.Cl.Cl. The molecule has 1 atom stereocenters. The van der Waals surface area contributed by atoms with Gasteiger partial charge in [-0.25, -0.2) is 0 Å². The number of benzene rings is 1. The fourth-order valence-electron chi connectivity index (χ4n) is 2.64. The zero-order chi connectivity index (χ0) is 13.8. The van der Waals surface area contributed by atoms with Crippen molar-refractivity contribution in [2.45, 2.75) is 19.4 Å². The van der Waals surface area contributed by atoms with Crippen molar-refractivity contribution >= 4 is 36.4 Å². The Kier molecular flexibility index (Phi) is 9.34. The van der Waals surface area contributed by atoms with Crippen LogP contribution in [0.2, 0.25) is 5.02 Å². The maximum atomic E-state index is 10.3. The zero-order valence-electron chi connectivity index (χ0n) is 12.1. The van der Waals surface area contributed by atoms with Crippen LogP contribution in [0.25, 0.3) is 0 Å². The summed E-state index contributed by atoms with van der Waals surface area (Å²) in [6.45, 7) is 9.63. The Morgan fingerprint density at radius 3 is 2.57 bits per heavy atom. The molecule has 0 aliphatic carbocycles. The maximum Gasteiger partial charge on any atom is 0.123 e. The zero-order valence-corrected chi connectivity index (χ0v) is 14.5. The summed E-state index contributed by atoms with van der Waals surface area (Å²) in [5, 5.41) is 14.3. The van der Waals surface area contributed by atoms with Crippen molar-refractivity contribution in [2.75, 3.05) is 26.2 Å². The van der Waals surface area contributed by atoms with Crippen molar-refractivity contribution in [3.05, 3.63) is 40.9 Å². The predicted octanol–water partition coefficient (Wildman–Crippen LogP) is 3.72. The summed E-state index contributed by atoms with van der Waals surface area (Å²) in [6.07, 6.45) is 2.72. The summed E-state index contributed by atoms with van der Waals surface area (Å²) in [4.78, 5) is 2.38. The standard InChI is InChI=1S/C15H21ClN2O.2ClH/c1-3-4-14(18-7-5-17-6-8-18)13-10-12(16)9-11(2)15(13)19;;/h3,9-10,14,17,19H,1,4-8H2,2H3;2*1H/t14-;;/m1../s1. The van der Waals surface area contributed by atoms with E-state index in [-0.39, 0.29) is 30.9 Å². The number of hydrogen-bond acceptors (Lipinski definition) is 3. The summed E-state index contributed by atoms with van der Waals surface area (Å²) < 4.78 is 0. The van der Waals surface area contributed by atoms with Crippen molar-refractivity contribution in [3.63, 3.8) is 0 Å². The topological polar surface area (TPSA) is 35.5 Å². The molecule has 21 heavy (non-hydrogen) atoms. The highest BCUT2D eigenvalue weighted by molar-refractivity contribution is 6.30. The van der Waals surface area contributed by atoms with Crippen molar-refractivity contribution in [3.8, 4) is 5.75 Å². The number of nitrogens with one attached hydrogen (secondary N) is 1. The van der Waals surface area contributed by atoms with E-state index in [1.165, 1.54) is 0 Å². The molecule has 0 spiro atoms. The molecule has 0 aromatic heterocycles. The van der Waals surface area contributed by atoms with Crippen LogP contribution in [0.5, 0.6) is 5.75 Å². The lowest BCUT2D eigenvalue weighted by Crippen LogP contribution is -2.45. The summed E-state index contributed by atoms with van der Waals surface area (Å²) in [7, 11) is 0. The molecule has 0 unspecified atom stereocenters. The van der Waals surface area contributed by atoms with Gasteiger partial charge in [0.05, 0.1) is 0 Å². The number of phenols is 1. The Labute approximate surface area is 144 Å². The van der Waals surface area contributed by atoms with E-state index in [9.17, 15) is 5.11 Å². The number of aryl methyl sites for hydroxylation is 1. The number of nitrogens with zero attached hydrogens (tertiary/aromatic N) is 1. The van der Waals surface area contributed by atoms with Gasteiger partial charge in [0.2, 0.25) is 0 Å². The molecule has 1 aliphatic heterocycles. The molecule has 1 aromatic carbocycles. The van der Waals surface area contributed by atoms with Crippen LogP contribution < -0.4 is 5.32 Å². The number of rotatable bonds is 4. The van der Waals surface area contributed by atoms with Crippen LogP contribution in [0.1, 0.15) is 23.6 Å². The first-order valence-electron chi connectivity index (χ1n) is 6.68. The fourth-order valence-corrected chi connectivity index (χ4v) is 2.92. The Morgan fingerprint density at radius 2 is 2.00 bits per heavy atom. The van der Waals surface area contributed by atoms with E-state index in [2.05, 4.69) is 16.8 Å². The van der Waals surface area contributed by atoms with E-state index in [1.807, 2.05) is 19.1 Å². The van der Waals surface area contributed by atoms with Gasteiger partial charge in [0, 0.05) is 42.8 Å². The van der Waals surface area contributed by atoms with Crippen LogP contribution in [0.15, 0.2) is 24.8 Å². The lowest BCUT2D eigenvalue weighted by molar-refractivity contribution is 0.172. The van der Waals surface area contributed by atoms with Crippen LogP contribution in [-0.2, 0) is 0 Å². The highest BCUT2D eigenvalue weighted by atomic mass is 35.5. The molecule has 1 aliphatic rings. The van der Waals surface area contributed by atoms with Gasteiger partial charge in [-0.3, -0.25) is 4.90 Å². The molecule has 0 amide bonds. The average Bonchev–Trinajstić information content (AvgIpc) is 2.41. The van der Waals surface area contributed by atoms with Crippen LogP contribution in [0.3, 0.4) is 0 Å². The van der Waals surface area contributed by atoms with Crippen molar-refractivity contribution in [1.29, 1.82) is 0 Å². The number of phenolic OH excluding ortho intramolecular Hbond substituents is 1. The lowest BCUT2D eigenvalue weighted by Gasteiger charge is -2.35. The first kappa shape index (κ1) is 20.6. The van der Waals surface area contributed by atoms with E-state index in [0.29, 0.717) is 10.8 Å². The first-order chi connectivity index (χ1) is 9.13. The molecule has 0 saturated carbocycles. The number of aromatic hydroxyl groups is 1. The van der Waals surface area contributed by atoms with Crippen molar-refractivity contribution in [2.24, 2.45) is 0 Å². The Morgan fingerprint density at radius 1 is 1.38 bits per heavy atom. The molecule has 0 radical (unpaired) electrons. The molecule has 1 fully saturated rings. The molecule has 2 N–H and O–H groups in total. The van der Waals surface area contributed by atoms with Gasteiger partial charge in [0.25, 0.3) is 0 Å². The second-order valence-electron chi connectivity index (χ2n) is 4.99. The fraction of sp³-hybridized carbons (Fsp3) is 0.467. The molecular weight excluding hydrogens is 331 g/mol. The molecule has 0 bridgehead atoms. The third-order valence-corrected chi connectivity index (χ3v) is 3.85. The van der Waals surface area contributed by atoms with Gasteiger partial charge in [-0.05, 0) is 31.0 Å². The Hall–Kier alpha value is -0.450. The quantitative estimate of drug-likeness (QED) is 0.810. The molecule has 1 heterocycles. The average molecular weight is 354 g/mol. The van der Waals surface area contributed by atoms with Gasteiger partial charge in [0.1, 0.15) is 5.75 Å². The van der Waals surface area contributed by atoms with Crippen LogP contribution in [-0.4, -0.2) is 36.2 Å². The third kappa shape index (κ3) is 5.04. The van der Waals surface area contributed by atoms with E-state index in [1.54, 1.807) is 6.07 Å². The van der Waals surface area contributed by atoms with Gasteiger partial charge in [-0.2, -0.15) is 0 Å². The smallest absolute Gasteiger partial charge is 0.123 e. The first-order valence-corrected chi connectivity index (χ1v) is 7.06. The van der Waals surface area contributed by atoms with Crippen molar-refractivity contribution in [1.82, 2.24) is 10.2 Å². The lowest BCUT2D eigenvalue weighted by atomic mass is 9.98. The van der Waals surface area contributed by atoms with Gasteiger partial charge >= 0.3 is 0 Å². The van der Waals surface area contributed by atoms with Gasteiger partial charge in [0.15, 0.2) is 0 Å². The number of piperazine rings is 1. The summed E-state index contributed by atoms with van der Waals surface area (Å²) >= 11 is 6.14. The summed E-state index contributed by atoms with van der Waals surface area (Å²) in [5.41, 5.74) is 1.73. The molecule has 6 heteroatoms. The number of hydrogen-bond donors (Lipinski definition) is 2. The predicted molar refractivity (Wildman–Crippen MR) is 94.3 cm³/mol. The minimum Gasteiger partial charge on any atom is -0.507 e. The Balaban J connectivity index is 0.00000200. The van der Waals surface area contributed by atoms with Crippen LogP contribution in [0.4, 0.5) is 0 Å². The van der Waals surface area contributed by atoms with E-state index in [4.69, 9.17) is 11.6 Å². The molecule has 1 aromatic rings. The van der Waals surface area contributed by atoms with Crippen molar-refractivity contribution < 1.29 is 5.11 Å². The minimum atomic E-state index is 0. The Bertz CT molecular complexity index is 462. The molecular formula is C15H23Cl3N2O. The second-order valence-corrected chi connectivity index (χ2v) is 5.42. The van der Waals surface area contributed by atoms with Gasteiger partial charge in [-0.15, -0.1) is 31.4 Å². The van der Waals surface area contributed by atoms with E-state index in [0.717, 1.165) is 43.7 Å². The molecule has 120 valence electrons. The summed E-state index contributed by atoms with van der Waals surface area (Å²) in [5.74, 6) is 0.356. The molecule has 2 rings (SSSR count). The van der Waals surface area contributed by atoms with Gasteiger partial charge < -0.3 is 10.4 Å². The van der Waals surface area contributed by atoms with E-state index >= 15 is 0 Å². The van der Waals surface area contributed by atoms with Crippen LogP contribution >= 0.6 is 36.4 Å². The monoisotopic (exact) mass is 352 g/mol. The highest BCUT2D eigenvalue weighted by Gasteiger charge is 2.24. The second kappa shape index (κ2) is 9.54. The normalized spacial score (nSPS) is 16.5. The van der Waals surface area contributed by atoms with Crippen LogP contribution in [0, 0.1) is 6.92 Å². The minimum absolute atomic E-state index is 0. The summed E-state index contributed by atoms with van der Waals surface area (Å²) in [6, 6.07) is 3.82. The molecule has 3 nitrogen and oxygen atoms in total. The third-order valence-electron chi connectivity index (χ3n) is 3.64. The highest BCUT2D eigenvalue weighted by Crippen LogP contribution is 2.36. The molecule has 1 saturated heterocycles. The maximum absolute atomic E-state index is 10.3. The number of halogens is 3. The van der Waals surface area contributed by atoms with Gasteiger partial charge in [-0.1, -0.05) is 17.7 Å². The van der Waals surface area contributed by atoms with E-state index < -0.39 is 0 Å². The largest absolute Gasteiger partial charge is 0.507 e.